The van der Waals surface area contributed by atoms with Gasteiger partial charge in [-0.15, -0.1) is 0 Å². The van der Waals surface area contributed by atoms with Crippen LogP contribution in [0.2, 0.25) is 15.2 Å². The Morgan fingerprint density at radius 1 is 1.14 bits per heavy atom. The van der Waals surface area contributed by atoms with E-state index in [1.807, 2.05) is 0 Å². The fraction of sp³-hybridized carbons (Fsp3) is 0. The minimum atomic E-state index is -0.677. The lowest BCUT2D eigenvalue weighted by atomic mass is 10.2. The molecule has 0 saturated carbocycles. The van der Waals surface area contributed by atoms with Crippen molar-refractivity contribution >= 4 is 52.2 Å². The van der Waals surface area contributed by atoms with Gasteiger partial charge in [0.15, 0.2) is 0 Å². The Labute approximate surface area is 133 Å². The smallest absolute Gasteiger partial charge is 0.301 e. The van der Waals surface area contributed by atoms with E-state index in [1.165, 1.54) is 24.3 Å². The molecule has 1 amide bonds. The van der Waals surface area contributed by atoms with Gasteiger partial charge in [-0.3, -0.25) is 14.9 Å². The van der Waals surface area contributed by atoms with Gasteiger partial charge in [-0.05, 0) is 24.3 Å². The molecule has 1 heterocycles. The van der Waals surface area contributed by atoms with E-state index in [0.717, 1.165) is 6.07 Å². The summed E-state index contributed by atoms with van der Waals surface area (Å²) in [4.78, 5) is 26.0. The number of nitrogens with one attached hydrogen (secondary N) is 1. The summed E-state index contributed by atoms with van der Waals surface area (Å²) in [6.07, 6.45) is 0. The van der Waals surface area contributed by atoms with Gasteiger partial charge in [-0.2, -0.15) is 0 Å². The third-order valence-electron chi connectivity index (χ3n) is 2.39. The Kier molecular flexibility index (Phi) is 4.62. The second-order valence-corrected chi connectivity index (χ2v) is 5.13. The zero-order valence-corrected chi connectivity index (χ0v) is 12.4. The number of rotatable bonds is 3. The molecule has 0 unspecified atom stereocenters. The van der Waals surface area contributed by atoms with Crippen LogP contribution in [0.5, 0.6) is 0 Å². The Bertz CT molecular complexity index is 717. The van der Waals surface area contributed by atoms with Crippen molar-refractivity contribution in [3.8, 4) is 0 Å². The molecule has 0 fully saturated rings. The monoisotopic (exact) mass is 345 g/mol. The highest BCUT2D eigenvalue weighted by Gasteiger charge is 2.19. The topological polar surface area (TPSA) is 85.1 Å². The van der Waals surface area contributed by atoms with E-state index in [0.29, 0.717) is 0 Å². The summed E-state index contributed by atoms with van der Waals surface area (Å²) < 4.78 is 0. The largest absolute Gasteiger partial charge is 0.311 e. The van der Waals surface area contributed by atoms with E-state index in [4.69, 9.17) is 34.8 Å². The van der Waals surface area contributed by atoms with Crippen LogP contribution in [0.1, 0.15) is 10.4 Å². The van der Waals surface area contributed by atoms with Gasteiger partial charge in [0, 0.05) is 21.7 Å². The summed E-state index contributed by atoms with van der Waals surface area (Å²) in [7, 11) is 0. The van der Waals surface area contributed by atoms with Crippen LogP contribution < -0.4 is 5.32 Å². The molecule has 1 N–H and O–H groups in total. The minimum Gasteiger partial charge on any atom is -0.301 e. The Balaban J connectivity index is 2.35. The second-order valence-electron chi connectivity index (χ2n) is 3.87. The molecule has 2 aromatic rings. The third-order valence-corrected chi connectivity index (χ3v) is 3.04. The van der Waals surface area contributed by atoms with E-state index in [2.05, 4.69) is 10.3 Å². The van der Waals surface area contributed by atoms with Gasteiger partial charge in [0.05, 0.1) is 4.92 Å². The number of hydrogen-bond donors (Lipinski definition) is 1. The zero-order chi connectivity index (χ0) is 15.6. The Hall–Kier alpha value is -1.89. The SMILES string of the molecule is O=C(Nc1nc(Cl)ccc1[N+](=O)[O-])c1cc(Cl)cc(Cl)c1. The number of nitro groups is 1. The van der Waals surface area contributed by atoms with Crippen LogP contribution in [-0.2, 0) is 0 Å². The fourth-order valence-corrected chi connectivity index (χ4v) is 2.21. The van der Waals surface area contributed by atoms with Crippen LogP contribution >= 0.6 is 34.8 Å². The van der Waals surface area contributed by atoms with Crippen LogP contribution in [0.25, 0.3) is 0 Å². The quantitative estimate of drug-likeness (QED) is 0.512. The van der Waals surface area contributed by atoms with Gasteiger partial charge in [-0.1, -0.05) is 34.8 Å². The van der Waals surface area contributed by atoms with Gasteiger partial charge >= 0.3 is 5.69 Å². The standard InChI is InChI=1S/C12H6Cl3N3O3/c13-7-3-6(4-8(14)5-7)12(19)17-11-9(18(20)21)1-2-10(15)16-11/h1-5H,(H,16,17,19). The van der Waals surface area contributed by atoms with E-state index < -0.39 is 10.8 Å². The summed E-state index contributed by atoms with van der Waals surface area (Å²) in [6, 6.07) is 6.61. The van der Waals surface area contributed by atoms with Crippen molar-refractivity contribution in [2.75, 3.05) is 5.32 Å². The molecule has 0 aliphatic rings. The number of carbonyl (C=O) groups is 1. The fourth-order valence-electron chi connectivity index (χ4n) is 1.53. The number of anilines is 1. The van der Waals surface area contributed by atoms with Gasteiger partial charge in [0.1, 0.15) is 5.15 Å². The number of benzene rings is 1. The van der Waals surface area contributed by atoms with Crippen molar-refractivity contribution in [2.45, 2.75) is 0 Å². The van der Waals surface area contributed by atoms with Crippen LogP contribution in [0.3, 0.4) is 0 Å². The highest BCUT2D eigenvalue weighted by atomic mass is 35.5. The van der Waals surface area contributed by atoms with Gasteiger partial charge < -0.3 is 5.32 Å². The van der Waals surface area contributed by atoms with Crippen LogP contribution in [0.4, 0.5) is 11.5 Å². The molecule has 0 atom stereocenters. The molecular formula is C12H6Cl3N3O3. The number of hydrogen-bond acceptors (Lipinski definition) is 4. The number of aromatic nitrogens is 1. The van der Waals surface area contributed by atoms with Gasteiger partial charge in [-0.25, -0.2) is 4.98 Å². The Morgan fingerprint density at radius 2 is 1.76 bits per heavy atom. The summed E-state index contributed by atoms with van der Waals surface area (Å²) in [5.74, 6) is -0.897. The van der Waals surface area contributed by atoms with Crippen molar-refractivity contribution in [3.63, 3.8) is 0 Å². The number of amides is 1. The molecule has 0 spiro atoms. The normalized spacial score (nSPS) is 10.2. The predicted molar refractivity (Wildman–Crippen MR) is 80.3 cm³/mol. The first-order valence-corrected chi connectivity index (χ1v) is 6.58. The molecule has 1 aromatic carbocycles. The van der Waals surface area contributed by atoms with Crippen molar-refractivity contribution < 1.29 is 9.72 Å². The van der Waals surface area contributed by atoms with Crippen LogP contribution in [0.15, 0.2) is 30.3 Å². The number of nitrogens with zero attached hydrogens (tertiary/aromatic N) is 2. The van der Waals surface area contributed by atoms with E-state index in [9.17, 15) is 14.9 Å². The molecule has 6 nitrogen and oxygen atoms in total. The molecular weight excluding hydrogens is 341 g/mol. The highest BCUT2D eigenvalue weighted by molar-refractivity contribution is 6.35. The molecule has 1 aromatic heterocycles. The molecule has 0 aliphatic carbocycles. The average molecular weight is 347 g/mol. The van der Waals surface area contributed by atoms with Crippen molar-refractivity contribution in [1.82, 2.24) is 4.98 Å². The molecule has 0 aliphatic heterocycles. The van der Waals surface area contributed by atoms with Crippen molar-refractivity contribution in [3.05, 3.63) is 61.2 Å². The molecule has 9 heteroatoms. The predicted octanol–water partition coefficient (Wildman–Crippen LogP) is 4.20. The first kappa shape index (κ1) is 15.5. The summed E-state index contributed by atoms with van der Waals surface area (Å²) in [6.45, 7) is 0. The maximum absolute atomic E-state index is 12.1. The third kappa shape index (κ3) is 3.81. The van der Waals surface area contributed by atoms with Gasteiger partial charge in [0.2, 0.25) is 5.82 Å². The first-order chi connectivity index (χ1) is 9.86. The highest BCUT2D eigenvalue weighted by Crippen LogP contribution is 2.25. The number of halogens is 3. The molecule has 0 saturated heterocycles. The van der Waals surface area contributed by atoms with Crippen molar-refractivity contribution in [1.29, 1.82) is 0 Å². The zero-order valence-electron chi connectivity index (χ0n) is 10.1. The lowest BCUT2D eigenvalue weighted by Gasteiger charge is -2.06. The Morgan fingerprint density at radius 3 is 2.33 bits per heavy atom. The summed E-state index contributed by atoms with van der Waals surface area (Å²) in [5, 5.41) is 13.7. The van der Waals surface area contributed by atoms with E-state index >= 15 is 0 Å². The molecule has 21 heavy (non-hydrogen) atoms. The molecule has 108 valence electrons. The minimum absolute atomic E-state index is 0.0139. The maximum atomic E-state index is 12.1. The second kappa shape index (κ2) is 6.26. The molecule has 2 rings (SSSR count). The lowest BCUT2D eigenvalue weighted by molar-refractivity contribution is -0.384. The maximum Gasteiger partial charge on any atom is 0.311 e. The average Bonchev–Trinajstić information content (AvgIpc) is 2.37. The van der Waals surface area contributed by atoms with E-state index in [-0.39, 0.29) is 32.3 Å². The number of pyridine rings is 1. The molecule has 0 radical (unpaired) electrons. The van der Waals surface area contributed by atoms with E-state index in [1.54, 1.807) is 0 Å². The molecule has 0 bridgehead atoms. The van der Waals surface area contributed by atoms with Crippen molar-refractivity contribution in [2.24, 2.45) is 0 Å². The van der Waals surface area contributed by atoms with Crippen LogP contribution in [0, 0.1) is 10.1 Å². The summed E-state index contributed by atoms with van der Waals surface area (Å²) >= 11 is 17.3. The van der Waals surface area contributed by atoms with Gasteiger partial charge in [0.25, 0.3) is 5.91 Å². The lowest BCUT2D eigenvalue weighted by Crippen LogP contribution is -2.14. The number of carbonyl (C=O) groups excluding carboxylic acids is 1. The first-order valence-electron chi connectivity index (χ1n) is 5.45. The van der Waals surface area contributed by atoms with Crippen LogP contribution in [-0.4, -0.2) is 15.8 Å². The summed E-state index contributed by atoms with van der Waals surface area (Å²) in [5.41, 5.74) is -0.232.